The quantitative estimate of drug-likeness (QED) is 0.186. The van der Waals surface area contributed by atoms with Crippen molar-refractivity contribution in [1.82, 2.24) is 0 Å². The van der Waals surface area contributed by atoms with Crippen LogP contribution < -0.4 is 0 Å². The standard InChI is InChI=1S/C16H34S4/c1-3-15(17)11-7-5-9-13-19-20-14-10-6-8-12-16(18)4-2/h15-18H,3-14H2,1-2H3. The molecule has 0 bridgehead atoms. The van der Waals surface area contributed by atoms with Crippen LogP contribution >= 0.6 is 46.8 Å². The van der Waals surface area contributed by atoms with Crippen molar-refractivity contribution in [2.75, 3.05) is 11.5 Å². The van der Waals surface area contributed by atoms with Crippen LogP contribution in [0.4, 0.5) is 0 Å². The van der Waals surface area contributed by atoms with Crippen LogP contribution in [0.1, 0.15) is 78.1 Å². The fourth-order valence-electron chi connectivity index (χ4n) is 1.96. The number of unbranched alkanes of at least 4 members (excludes halogenated alkanes) is 4. The molecule has 0 aliphatic heterocycles. The van der Waals surface area contributed by atoms with Crippen molar-refractivity contribution in [3.05, 3.63) is 0 Å². The molecule has 0 aliphatic rings. The van der Waals surface area contributed by atoms with Crippen molar-refractivity contribution in [2.45, 2.75) is 88.6 Å². The van der Waals surface area contributed by atoms with Gasteiger partial charge >= 0.3 is 0 Å². The zero-order chi connectivity index (χ0) is 15.1. The lowest BCUT2D eigenvalue weighted by molar-refractivity contribution is 0.640. The Morgan fingerprint density at radius 3 is 1.40 bits per heavy atom. The Hall–Kier alpha value is 1.40. The fraction of sp³-hybridized carbons (Fsp3) is 1.00. The van der Waals surface area contributed by atoms with E-state index in [1.807, 2.05) is 0 Å². The van der Waals surface area contributed by atoms with Gasteiger partial charge in [-0.3, -0.25) is 0 Å². The Morgan fingerprint density at radius 1 is 0.650 bits per heavy atom. The molecule has 0 heterocycles. The van der Waals surface area contributed by atoms with Gasteiger partial charge in [-0.05, 0) is 38.5 Å². The van der Waals surface area contributed by atoms with Crippen LogP contribution in [0.2, 0.25) is 0 Å². The van der Waals surface area contributed by atoms with E-state index in [4.69, 9.17) is 0 Å². The lowest BCUT2D eigenvalue weighted by Crippen LogP contribution is -1.95. The van der Waals surface area contributed by atoms with Crippen LogP contribution in [0.25, 0.3) is 0 Å². The van der Waals surface area contributed by atoms with Crippen LogP contribution in [-0.2, 0) is 0 Å². The summed E-state index contributed by atoms with van der Waals surface area (Å²) in [5.41, 5.74) is 0. The molecule has 0 fully saturated rings. The van der Waals surface area contributed by atoms with E-state index in [2.05, 4.69) is 60.7 Å². The summed E-state index contributed by atoms with van der Waals surface area (Å²) >= 11 is 9.07. The van der Waals surface area contributed by atoms with Gasteiger partial charge < -0.3 is 0 Å². The van der Waals surface area contributed by atoms with Crippen LogP contribution in [-0.4, -0.2) is 22.0 Å². The molecule has 20 heavy (non-hydrogen) atoms. The first kappa shape index (κ1) is 21.4. The Kier molecular flexibility index (Phi) is 17.9. The molecule has 0 nitrogen and oxygen atoms in total. The SMILES string of the molecule is CCC(S)CCCCCSSCCCCCC(S)CC. The minimum absolute atomic E-state index is 0.626. The second-order valence-corrected chi connectivity index (χ2v) is 9.63. The summed E-state index contributed by atoms with van der Waals surface area (Å²) < 4.78 is 0. The highest BCUT2D eigenvalue weighted by Gasteiger charge is 2.00. The molecule has 0 aromatic carbocycles. The Bertz CT molecular complexity index is 167. The Labute approximate surface area is 146 Å². The average molecular weight is 355 g/mol. The topological polar surface area (TPSA) is 0 Å². The molecule has 0 saturated heterocycles. The summed E-state index contributed by atoms with van der Waals surface area (Å²) in [5.74, 6) is 2.64. The van der Waals surface area contributed by atoms with Gasteiger partial charge in [-0.15, -0.1) is 0 Å². The maximum atomic E-state index is 4.53. The number of hydrogen-bond acceptors (Lipinski definition) is 4. The van der Waals surface area contributed by atoms with E-state index in [1.54, 1.807) is 0 Å². The largest absolute Gasteiger partial charge is 0.176 e. The summed E-state index contributed by atoms with van der Waals surface area (Å²) in [4.78, 5) is 0. The van der Waals surface area contributed by atoms with Crippen molar-refractivity contribution in [3.63, 3.8) is 0 Å². The summed E-state index contributed by atoms with van der Waals surface area (Å²) in [6, 6.07) is 0. The zero-order valence-electron chi connectivity index (χ0n) is 13.4. The van der Waals surface area contributed by atoms with Gasteiger partial charge in [0.05, 0.1) is 0 Å². The second kappa shape index (κ2) is 16.8. The highest BCUT2D eigenvalue weighted by molar-refractivity contribution is 8.76. The fourth-order valence-corrected chi connectivity index (χ4v) is 4.62. The van der Waals surface area contributed by atoms with E-state index in [-0.39, 0.29) is 0 Å². The number of rotatable bonds is 15. The Balaban J connectivity index is 3.03. The second-order valence-electron chi connectivity index (χ2n) is 5.47. The van der Waals surface area contributed by atoms with Gasteiger partial charge in [-0.25, -0.2) is 0 Å². The summed E-state index contributed by atoms with van der Waals surface area (Å²) in [6.07, 6.45) is 13.2. The van der Waals surface area contributed by atoms with E-state index < -0.39 is 0 Å². The summed E-state index contributed by atoms with van der Waals surface area (Å²) in [5, 5.41) is 1.25. The third kappa shape index (κ3) is 15.8. The number of hydrogen-bond donors (Lipinski definition) is 2. The lowest BCUT2D eigenvalue weighted by Gasteiger charge is -2.07. The van der Waals surface area contributed by atoms with Crippen LogP contribution in [0.15, 0.2) is 0 Å². The molecule has 0 saturated carbocycles. The third-order valence-corrected chi connectivity index (χ3v) is 7.38. The smallest absolute Gasteiger partial charge is 0.00369 e. The molecule has 0 amide bonds. The molecule has 2 atom stereocenters. The molecule has 0 radical (unpaired) electrons. The van der Waals surface area contributed by atoms with Crippen molar-refractivity contribution in [1.29, 1.82) is 0 Å². The van der Waals surface area contributed by atoms with E-state index >= 15 is 0 Å². The molecule has 4 heteroatoms. The average Bonchev–Trinajstić information content (AvgIpc) is 2.47. The molecule has 2 unspecified atom stereocenters. The lowest BCUT2D eigenvalue weighted by atomic mass is 10.1. The highest BCUT2D eigenvalue weighted by atomic mass is 33.1. The van der Waals surface area contributed by atoms with E-state index in [9.17, 15) is 0 Å². The van der Waals surface area contributed by atoms with Gasteiger partial charge in [0.25, 0.3) is 0 Å². The monoisotopic (exact) mass is 354 g/mol. The predicted octanol–water partition coefficient (Wildman–Crippen LogP) is 6.91. The molecule has 0 aliphatic carbocycles. The molecule has 0 aromatic rings. The van der Waals surface area contributed by atoms with Gasteiger partial charge in [-0.2, -0.15) is 25.3 Å². The van der Waals surface area contributed by atoms with E-state index in [1.165, 1.54) is 75.7 Å². The molecule has 0 N–H and O–H groups in total. The van der Waals surface area contributed by atoms with Crippen LogP contribution in [0.3, 0.4) is 0 Å². The zero-order valence-corrected chi connectivity index (χ0v) is 16.8. The summed E-state index contributed by atoms with van der Waals surface area (Å²) in [6.45, 7) is 4.45. The maximum absolute atomic E-state index is 4.53. The Morgan fingerprint density at radius 2 is 1.05 bits per heavy atom. The normalized spacial score (nSPS) is 14.4. The first-order valence-electron chi connectivity index (χ1n) is 8.31. The van der Waals surface area contributed by atoms with Crippen LogP contribution in [0.5, 0.6) is 0 Å². The van der Waals surface area contributed by atoms with Gasteiger partial charge in [0.2, 0.25) is 0 Å². The molecular weight excluding hydrogens is 320 g/mol. The summed E-state index contributed by atoms with van der Waals surface area (Å²) in [7, 11) is 4.14. The molecule has 0 rings (SSSR count). The minimum atomic E-state index is 0.626. The molecule has 122 valence electrons. The maximum Gasteiger partial charge on any atom is 0.00369 e. The first-order valence-corrected chi connectivity index (χ1v) is 11.8. The highest BCUT2D eigenvalue weighted by Crippen LogP contribution is 2.25. The van der Waals surface area contributed by atoms with Gasteiger partial charge in [0.15, 0.2) is 0 Å². The van der Waals surface area contributed by atoms with Crippen molar-refractivity contribution in [2.24, 2.45) is 0 Å². The molecule has 0 aromatic heterocycles. The third-order valence-electron chi connectivity index (χ3n) is 3.56. The van der Waals surface area contributed by atoms with Crippen molar-refractivity contribution >= 4 is 46.8 Å². The predicted molar refractivity (Wildman–Crippen MR) is 108 cm³/mol. The van der Waals surface area contributed by atoms with Crippen molar-refractivity contribution in [3.8, 4) is 0 Å². The van der Waals surface area contributed by atoms with E-state index in [0.29, 0.717) is 10.5 Å². The van der Waals surface area contributed by atoms with Gasteiger partial charge in [0.1, 0.15) is 0 Å². The minimum Gasteiger partial charge on any atom is -0.176 e. The number of thiol groups is 2. The molecule has 0 spiro atoms. The van der Waals surface area contributed by atoms with Crippen LogP contribution in [0, 0.1) is 0 Å². The van der Waals surface area contributed by atoms with E-state index in [0.717, 1.165) is 0 Å². The molecular formula is C16H34S4. The van der Waals surface area contributed by atoms with Gasteiger partial charge in [0, 0.05) is 22.0 Å². The van der Waals surface area contributed by atoms with Gasteiger partial charge in [-0.1, -0.05) is 61.1 Å². The first-order chi connectivity index (χ1) is 9.70. The van der Waals surface area contributed by atoms with Crippen molar-refractivity contribution < 1.29 is 0 Å².